The van der Waals surface area contributed by atoms with E-state index in [-0.39, 0.29) is 11.7 Å². The molecule has 1 N–H and O–H groups in total. The highest BCUT2D eigenvalue weighted by molar-refractivity contribution is 7.99. The Bertz CT molecular complexity index is 1340. The van der Waals surface area contributed by atoms with E-state index in [0.717, 1.165) is 28.1 Å². The minimum atomic E-state index is -0.488. The van der Waals surface area contributed by atoms with Crippen LogP contribution in [0.3, 0.4) is 0 Å². The van der Waals surface area contributed by atoms with Crippen LogP contribution >= 0.6 is 23.1 Å². The van der Waals surface area contributed by atoms with Gasteiger partial charge in [0.2, 0.25) is 5.91 Å². The Labute approximate surface area is 212 Å². The molecule has 4 rings (SSSR count). The van der Waals surface area contributed by atoms with Gasteiger partial charge in [-0.3, -0.25) is 4.79 Å². The number of aromatic nitrogens is 3. The highest BCUT2D eigenvalue weighted by atomic mass is 32.2. The van der Waals surface area contributed by atoms with Gasteiger partial charge in [0, 0.05) is 23.1 Å². The molecule has 0 fully saturated rings. The van der Waals surface area contributed by atoms with E-state index in [1.807, 2.05) is 79.2 Å². The molecule has 0 aliphatic heterocycles. The van der Waals surface area contributed by atoms with Crippen molar-refractivity contribution < 1.29 is 14.3 Å². The van der Waals surface area contributed by atoms with Gasteiger partial charge in [-0.1, -0.05) is 71.4 Å². The second-order valence-corrected chi connectivity index (χ2v) is 9.79. The second-order valence-electron chi connectivity index (χ2n) is 7.96. The maximum Gasteiger partial charge on any atom is 0.341 e. The van der Waals surface area contributed by atoms with Crippen LogP contribution in [0.1, 0.15) is 28.4 Å². The summed E-state index contributed by atoms with van der Waals surface area (Å²) < 4.78 is 6.99. The highest BCUT2D eigenvalue weighted by Gasteiger charge is 2.23. The monoisotopic (exact) mass is 506 g/mol. The molecule has 9 heteroatoms. The minimum Gasteiger partial charge on any atom is -0.465 e. The smallest absolute Gasteiger partial charge is 0.341 e. The molecule has 2 aromatic carbocycles. The summed E-state index contributed by atoms with van der Waals surface area (Å²) >= 11 is 2.61. The lowest BCUT2D eigenvalue weighted by atomic mass is 10.0. The number of methoxy groups -OCH3 is 1. The van der Waals surface area contributed by atoms with Crippen molar-refractivity contribution in [2.45, 2.75) is 32.5 Å². The predicted octanol–water partition coefficient (Wildman–Crippen LogP) is 5.83. The van der Waals surface area contributed by atoms with Gasteiger partial charge in [0.1, 0.15) is 10.6 Å². The number of esters is 1. The number of thioether (sulfide) groups is 1. The average Bonchev–Trinajstić information content (AvgIpc) is 3.47. The van der Waals surface area contributed by atoms with Crippen LogP contribution in [0.4, 0.5) is 5.00 Å². The van der Waals surface area contributed by atoms with Crippen LogP contribution in [-0.4, -0.2) is 39.5 Å². The molecular weight excluding hydrogens is 480 g/mol. The summed E-state index contributed by atoms with van der Waals surface area (Å²) in [5.41, 5.74) is 5.26. The van der Waals surface area contributed by atoms with Crippen LogP contribution in [0, 0.1) is 13.8 Å². The number of nitrogens with zero attached hydrogens (tertiary/aromatic N) is 3. The summed E-state index contributed by atoms with van der Waals surface area (Å²) in [7, 11) is 1.34. The minimum absolute atomic E-state index is 0.129. The molecule has 0 atom stereocenters. The standard InChI is InChI=1S/C26H26N4O3S2/c1-5-30-23(19-12-8-17(3)9-13-19)28-29-26(30)35-15-21(31)27-24-22(25(32)33-4)20(14-34-24)18-10-6-16(2)7-11-18/h6-14H,5,15H2,1-4H3,(H,27,31). The van der Waals surface area contributed by atoms with E-state index in [4.69, 9.17) is 4.74 Å². The van der Waals surface area contributed by atoms with E-state index in [2.05, 4.69) is 15.5 Å². The van der Waals surface area contributed by atoms with Gasteiger partial charge in [0.15, 0.2) is 11.0 Å². The Balaban J connectivity index is 1.50. The Hall–Kier alpha value is -3.43. The van der Waals surface area contributed by atoms with Crippen molar-refractivity contribution in [3.63, 3.8) is 0 Å². The van der Waals surface area contributed by atoms with Gasteiger partial charge in [0.25, 0.3) is 0 Å². The zero-order valence-electron chi connectivity index (χ0n) is 20.0. The molecule has 0 saturated heterocycles. The predicted molar refractivity (Wildman–Crippen MR) is 141 cm³/mol. The summed E-state index contributed by atoms with van der Waals surface area (Å²) in [5.74, 6) is 0.173. The largest absolute Gasteiger partial charge is 0.465 e. The number of amides is 1. The van der Waals surface area contributed by atoms with Gasteiger partial charge in [-0.05, 0) is 26.3 Å². The zero-order chi connectivity index (χ0) is 24.9. The van der Waals surface area contributed by atoms with Gasteiger partial charge >= 0.3 is 5.97 Å². The summed E-state index contributed by atoms with van der Waals surface area (Å²) in [5, 5.41) is 14.5. The van der Waals surface area contributed by atoms with Gasteiger partial charge in [-0.2, -0.15) is 0 Å². The molecule has 0 saturated carbocycles. The normalized spacial score (nSPS) is 10.9. The van der Waals surface area contributed by atoms with Crippen molar-refractivity contribution in [2.24, 2.45) is 0 Å². The van der Waals surface area contributed by atoms with Crippen LogP contribution in [0.25, 0.3) is 22.5 Å². The molecule has 35 heavy (non-hydrogen) atoms. The third-order valence-corrected chi connectivity index (χ3v) is 7.33. The van der Waals surface area contributed by atoms with Crippen LogP contribution in [0.15, 0.2) is 59.1 Å². The topological polar surface area (TPSA) is 86.1 Å². The second kappa shape index (κ2) is 10.9. The molecule has 180 valence electrons. The Kier molecular flexibility index (Phi) is 7.67. The van der Waals surface area contributed by atoms with Gasteiger partial charge in [-0.25, -0.2) is 4.79 Å². The fraction of sp³-hybridized carbons (Fsp3) is 0.231. The maximum atomic E-state index is 12.8. The number of aryl methyl sites for hydroxylation is 2. The lowest BCUT2D eigenvalue weighted by molar-refractivity contribution is -0.113. The van der Waals surface area contributed by atoms with Crippen LogP contribution < -0.4 is 5.32 Å². The molecule has 0 unspecified atom stereocenters. The molecule has 2 heterocycles. The SMILES string of the molecule is CCn1c(SCC(=O)Nc2scc(-c3ccc(C)cc3)c2C(=O)OC)nnc1-c1ccc(C)cc1. The van der Waals surface area contributed by atoms with E-state index >= 15 is 0 Å². The molecule has 0 radical (unpaired) electrons. The van der Waals surface area contributed by atoms with E-state index in [9.17, 15) is 9.59 Å². The fourth-order valence-electron chi connectivity index (χ4n) is 3.59. The van der Waals surface area contributed by atoms with Crippen LogP contribution in [0.5, 0.6) is 0 Å². The first-order chi connectivity index (χ1) is 16.9. The first-order valence-corrected chi connectivity index (χ1v) is 13.0. The van der Waals surface area contributed by atoms with Crippen LogP contribution in [-0.2, 0) is 16.1 Å². The van der Waals surface area contributed by atoms with E-state index in [1.165, 1.54) is 35.8 Å². The summed E-state index contributed by atoms with van der Waals surface area (Å²) in [6, 6.07) is 16.0. The first-order valence-electron chi connectivity index (χ1n) is 11.1. The number of thiophene rings is 1. The van der Waals surface area contributed by atoms with Crippen molar-refractivity contribution in [1.82, 2.24) is 14.8 Å². The van der Waals surface area contributed by atoms with Gasteiger partial charge < -0.3 is 14.6 Å². The number of carbonyl (C=O) groups is 2. The molecule has 0 spiro atoms. The fourth-order valence-corrected chi connectivity index (χ4v) is 5.37. The summed E-state index contributed by atoms with van der Waals surface area (Å²) in [4.78, 5) is 25.4. The number of hydrogen-bond acceptors (Lipinski definition) is 7. The third-order valence-electron chi connectivity index (χ3n) is 5.47. The van der Waals surface area contributed by atoms with E-state index < -0.39 is 5.97 Å². The van der Waals surface area contributed by atoms with Crippen molar-refractivity contribution in [1.29, 1.82) is 0 Å². The van der Waals surface area contributed by atoms with Gasteiger partial charge in [0.05, 0.1) is 12.9 Å². The van der Waals surface area contributed by atoms with Crippen molar-refractivity contribution in [3.05, 3.63) is 70.6 Å². The molecule has 0 bridgehead atoms. The number of anilines is 1. The lowest BCUT2D eigenvalue weighted by Crippen LogP contribution is -2.16. The van der Waals surface area contributed by atoms with Crippen molar-refractivity contribution in [3.8, 4) is 22.5 Å². The quantitative estimate of drug-likeness (QED) is 0.239. The maximum absolute atomic E-state index is 12.8. The molecule has 7 nitrogen and oxygen atoms in total. The summed E-state index contributed by atoms with van der Waals surface area (Å²) in [6.45, 7) is 6.74. The van der Waals surface area contributed by atoms with Crippen molar-refractivity contribution in [2.75, 3.05) is 18.2 Å². The molecule has 4 aromatic rings. The summed E-state index contributed by atoms with van der Waals surface area (Å²) in [6.07, 6.45) is 0. The lowest BCUT2D eigenvalue weighted by Gasteiger charge is -2.09. The Morgan fingerprint density at radius 1 is 1.00 bits per heavy atom. The molecule has 0 aliphatic rings. The Morgan fingerprint density at radius 3 is 2.23 bits per heavy atom. The van der Waals surface area contributed by atoms with Gasteiger partial charge in [-0.15, -0.1) is 21.5 Å². The molecular formula is C26H26N4O3S2. The Morgan fingerprint density at radius 2 is 1.63 bits per heavy atom. The molecule has 0 aliphatic carbocycles. The van der Waals surface area contributed by atoms with E-state index in [1.54, 1.807) is 0 Å². The number of carbonyl (C=O) groups excluding carboxylic acids is 2. The number of benzene rings is 2. The number of rotatable bonds is 8. The van der Waals surface area contributed by atoms with E-state index in [0.29, 0.717) is 22.3 Å². The molecule has 1 amide bonds. The number of nitrogens with one attached hydrogen (secondary N) is 1. The zero-order valence-corrected chi connectivity index (χ0v) is 21.6. The first kappa shape index (κ1) is 24.7. The average molecular weight is 507 g/mol. The number of hydrogen-bond donors (Lipinski definition) is 1. The van der Waals surface area contributed by atoms with Crippen LogP contribution in [0.2, 0.25) is 0 Å². The van der Waals surface area contributed by atoms with Crippen molar-refractivity contribution >= 4 is 40.0 Å². The number of ether oxygens (including phenoxy) is 1. The third kappa shape index (κ3) is 5.47. The molecule has 2 aromatic heterocycles. The highest BCUT2D eigenvalue weighted by Crippen LogP contribution is 2.36.